The average molecular weight is 286 g/mol. The summed E-state index contributed by atoms with van der Waals surface area (Å²) in [7, 11) is 0. The summed E-state index contributed by atoms with van der Waals surface area (Å²) in [4.78, 5) is 13.9. The van der Waals surface area contributed by atoms with Crippen LogP contribution in [-0.2, 0) is 11.2 Å². The van der Waals surface area contributed by atoms with Gasteiger partial charge in [-0.3, -0.25) is 4.79 Å². The first-order valence-corrected chi connectivity index (χ1v) is 7.07. The molecule has 1 unspecified atom stereocenters. The molecule has 1 aromatic heterocycles. The van der Waals surface area contributed by atoms with Gasteiger partial charge in [0.25, 0.3) is 0 Å². The van der Waals surface area contributed by atoms with Gasteiger partial charge in [-0.05, 0) is 31.9 Å². The molecule has 1 atom stereocenters. The van der Waals surface area contributed by atoms with Crippen molar-refractivity contribution in [2.45, 2.75) is 26.3 Å². The molecule has 21 heavy (non-hydrogen) atoms. The molecule has 1 N–H and O–H groups in total. The van der Waals surface area contributed by atoms with Crippen LogP contribution in [0.3, 0.4) is 0 Å². The van der Waals surface area contributed by atoms with Crippen molar-refractivity contribution >= 4 is 11.7 Å². The Hall–Kier alpha value is -2.37. The van der Waals surface area contributed by atoms with E-state index in [1.807, 2.05) is 38.1 Å². The van der Waals surface area contributed by atoms with Crippen LogP contribution in [0.1, 0.15) is 25.5 Å². The number of carbonyl (C=O) groups excluding carboxylic acids is 1. The number of benzene rings is 1. The Morgan fingerprint density at radius 3 is 3.00 bits per heavy atom. The highest BCUT2D eigenvalue weighted by molar-refractivity contribution is 5.92. The Balaban J connectivity index is 1.66. The van der Waals surface area contributed by atoms with Crippen LogP contribution in [-0.4, -0.2) is 27.5 Å². The molecule has 2 heterocycles. The number of anilines is 1. The van der Waals surface area contributed by atoms with E-state index in [1.165, 1.54) is 0 Å². The highest BCUT2D eigenvalue weighted by Gasteiger charge is 2.26. The number of nitrogens with zero attached hydrogens (tertiary/aromatic N) is 3. The Labute approximate surface area is 123 Å². The molecule has 1 aromatic carbocycles. The summed E-state index contributed by atoms with van der Waals surface area (Å²) in [5.41, 5.74) is 1.06. The first-order valence-electron chi connectivity index (χ1n) is 7.07. The maximum atomic E-state index is 12.3. The molecule has 0 fully saturated rings. The minimum Gasteiger partial charge on any atom is -0.492 e. The van der Waals surface area contributed by atoms with Crippen LogP contribution in [0.5, 0.6) is 5.75 Å². The molecule has 1 aliphatic heterocycles. The Bertz CT molecular complexity index is 651. The molecule has 2 aromatic rings. The number of hydrogen-bond donors (Lipinski definition) is 1. The largest absolute Gasteiger partial charge is 0.492 e. The highest BCUT2D eigenvalue weighted by Crippen LogP contribution is 2.27. The lowest BCUT2D eigenvalue weighted by atomic mass is 9.96. The van der Waals surface area contributed by atoms with Crippen LogP contribution in [0.15, 0.2) is 30.5 Å². The molecule has 0 aliphatic carbocycles. The van der Waals surface area contributed by atoms with E-state index in [2.05, 4.69) is 15.5 Å². The zero-order chi connectivity index (χ0) is 14.8. The molecule has 0 saturated carbocycles. The van der Waals surface area contributed by atoms with Crippen LogP contribution in [0.2, 0.25) is 0 Å². The van der Waals surface area contributed by atoms with Crippen molar-refractivity contribution in [3.05, 3.63) is 36.0 Å². The van der Waals surface area contributed by atoms with Crippen molar-refractivity contribution < 1.29 is 9.53 Å². The van der Waals surface area contributed by atoms with Gasteiger partial charge in [0.05, 0.1) is 18.2 Å². The van der Waals surface area contributed by atoms with Crippen LogP contribution in [0, 0.1) is 5.92 Å². The molecule has 0 radical (unpaired) electrons. The maximum absolute atomic E-state index is 12.3. The van der Waals surface area contributed by atoms with E-state index in [0.29, 0.717) is 18.8 Å². The minimum atomic E-state index is -0.205. The van der Waals surface area contributed by atoms with Crippen LogP contribution >= 0.6 is 0 Å². The van der Waals surface area contributed by atoms with Crippen molar-refractivity contribution in [1.82, 2.24) is 15.0 Å². The fourth-order valence-corrected chi connectivity index (χ4v) is 2.31. The van der Waals surface area contributed by atoms with E-state index < -0.39 is 0 Å². The molecular weight excluding hydrogens is 268 g/mol. The summed E-state index contributed by atoms with van der Waals surface area (Å²) in [5.74, 6) is 1.06. The van der Waals surface area contributed by atoms with Gasteiger partial charge in [-0.25, -0.2) is 0 Å². The van der Waals surface area contributed by atoms with Gasteiger partial charge < -0.3 is 10.1 Å². The maximum Gasteiger partial charge on any atom is 0.232 e. The summed E-state index contributed by atoms with van der Waals surface area (Å²) in [5, 5.41) is 11.1. The van der Waals surface area contributed by atoms with Crippen LogP contribution < -0.4 is 10.1 Å². The van der Waals surface area contributed by atoms with Gasteiger partial charge in [-0.2, -0.15) is 9.90 Å². The zero-order valence-electron chi connectivity index (χ0n) is 12.1. The van der Waals surface area contributed by atoms with E-state index in [4.69, 9.17) is 4.74 Å². The van der Waals surface area contributed by atoms with Crippen LogP contribution in [0.4, 0.5) is 5.82 Å². The predicted molar refractivity (Wildman–Crippen MR) is 78.2 cm³/mol. The lowest BCUT2D eigenvalue weighted by Gasteiger charge is -2.24. The van der Waals surface area contributed by atoms with Crippen molar-refractivity contribution in [2.24, 2.45) is 5.92 Å². The molecule has 6 heteroatoms. The standard InChI is InChI=1S/C15H18N4O2/c1-10(2)19-16-8-14(18-19)17-15(20)12-7-11-5-3-4-6-13(11)21-9-12/h3-6,8,10,12H,7,9H2,1-2H3,(H,17,18,20). The van der Waals surface area contributed by atoms with Gasteiger partial charge in [0.15, 0.2) is 5.82 Å². The molecule has 1 aliphatic rings. The van der Waals surface area contributed by atoms with Gasteiger partial charge in [0, 0.05) is 0 Å². The summed E-state index contributed by atoms with van der Waals surface area (Å²) in [6.07, 6.45) is 2.25. The SMILES string of the molecule is CC(C)n1ncc(NC(=O)C2COc3ccccc3C2)n1. The summed E-state index contributed by atoms with van der Waals surface area (Å²) < 4.78 is 5.64. The first-order chi connectivity index (χ1) is 10.1. The number of para-hydroxylation sites is 1. The number of rotatable bonds is 3. The molecule has 0 bridgehead atoms. The van der Waals surface area contributed by atoms with Crippen LogP contribution in [0.25, 0.3) is 0 Å². The van der Waals surface area contributed by atoms with Crippen molar-refractivity contribution in [3.63, 3.8) is 0 Å². The Morgan fingerprint density at radius 1 is 1.43 bits per heavy atom. The van der Waals surface area contributed by atoms with E-state index in [-0.39, 0.29) is 17.9 Å². The van der Waals surface area contributed by atoms with E-state index in [1.54, 1.807) is 11.0 Å². The van der Waals surface area contributed by atoms with Gasteiger partial charge in [0.2, 0.25) is 5.91 Å². The third-order valence-corrected chi connectivity index (χ3v) is 3.47. The molecule has 110 valence electrons. The second-order valence-corrected chi connectivity index (χ2v) is 5.45. The number of ether oxygens (including phenoxy) is 1. The first kappa shape index (κ1) is 13.6. The normalized spacial score (nSPS) is 17.2. The molecule has 0 saturated heterocycles. The average Bonchev–Trinajstić information content (AvgIpc) is 2.95. The van der Waals surface area contributed by atoms with E-state index >= 15 is 0 Å². The topological polar surface area (TPSA) is 69.0 Å². The van der Waals surface area contributed by atoms with Gasteiger partial charge in [-0.1, -0.05) is 18.2 Å². The zero-order valence-corrected chi connectivity index (χ0v) is 12.1. The molecule has 3 rings (SSSR count). The summed E-state index contributed by atoms with van der Waals surface area (Å²) >= 11 is 0. The van der Waals surface area contributed by atoms with Crippen molar-refractivity contribution in [1.29, 1.82) is 0 Å². The van der Waals surface area contributed by atoms with Gasteiger partial charge >= 0.3 is 0 Å². The molecule has 6 nitrogen and oxygen atoms in total. The quantitative estimate of drug-likeness (QED) is 0.937. The number of amides is 1. The van der Waals surface area contributed by atoms with Crippen molar-refractivity contribution in [2.75, 3.05) is 11.9 Å². The summed E-state index contributed by atoms with van der Waals surface area (Å²) in [6.45, 7) is 4.36. The number of hydrogen-bond acceptors (Lipinski definition) is 4. The van der Waals surface area contributed by atoms with E-state index in [0.717, 1.165) is 11.3 Å². The Morgan fingerprint density at radius 2 is 2.24 bits per heavy atom. The fraction of sp³-hybridized carbons (Fsp3) is 0.400. The molecular formula is C15H18N4O2. The second kappa shape index (κ2) is 5.55. The second-order valence-electron chi connectivity index (χ2n) is 5.45. The van der Waals surface area contributed by atoms with Gasteiger partial charge in [0.1, 0.15) is 12.4 Å². The summed E-state index contributed by atoms with van der Waals surface area (Å²) in [6, 6.07) is 7.97. The smallest absolute Gasteiger partial charge is 0.232 e. The number of nitrogens with one attached hydrogen (secondary N) is 1. The lowest BCUT2D eigenvalue weighted by Crippen LogP contribution is -2.32. The highest BCUT2D eigenvalue weighted by atomic mass is 16.5. The lowest BCUT2D eigenvalue weighted by molar-refractivity contribution is -0.121. The number of carbonyl (C=O) groups is 1. The predicted octanol–water partition coefficient (Wildman–Crippen LogP) is 2.05. The molecule has 1 amide bonds. The number of fused-ring (bicyclic) bond motifs is 1. The fourth-order valence-electron chi connectivity index (χ4n) is 2.31. The number of aromatic nitrogens is 3. The van der Waals surface area contributed by atoms with Crippen molar-refractivity contribution in [3.8, 4) is 5.75 Å². The monoisotopic (exact) mass is 286 g/mol. The third kappa shape index (κ3) is 2.89. The third-order valence-electron chi connectivity index (χ3n) is 3.47. The van der Waals surface area contributed by atoms with E-state index in [9.17, 15) is 4.79 Å². The molecule has 0 spiro atoms. The Kier molecular flexibility index (Phi) is 3.60. The van der Waals surface area contributed by atoms with Gasteiger partial charge in [-0.15, -0.1) is 5.10 Å². The minimum absolute atomic E-state index is 0.0830.